The molecule has 1 aromatic heterocycles. The number of nitrogens with two attached hydrogens (primary N) is 1. The number of nitrogens with zero attached hydrogens (tertiary/aromatic N) is 2. The van der Waals surface area contributed by atoms with E-state index in [2.05, 4.69) is 48.0 Å². The molecular formula is C18H21N3O3. The molecule has 2 aromatic rings. The molecule has 0 amide bonds. The van der Waals surface area contributed by atoms with Crippen molar-refractivity contribution < 1.29 is 14.0 Å². The maximum atomic E-state index is 11.3. The van der Waals surface area contributed by atoms with Gasteiger partial charge in [-0.2, -0.15) is 5.90 Å². The first kappa shape index (κ1) is 17.6. The summed E-state index contributed by atoms with van der Waals surface area (Å²) in [6.07, 6.45) is 5.94. The Labute approximate surface area is 141 Å². The van der Waals surface area contributed by atoms with Gasteiger partial charge in [0, 0.05) is 11.1 Å². The molecule has 0 saturated carbocycles. The molecule has 0 saturated heterocycles. The van der Waals surface area contributed by atoms with Gasteiger partial charge in [-0.05, 0) is 44.0 Å². The summed E-state index contributed by atoms with van der Waals surface area (Å²) in [5.74, 6) is 5.14. The van der Waals surface area contributed by atoms with E-state index in [9.17, 15) is 4.79 Å². The van der Waals surface area contributed by atoms with Crippen LogP contribution in [-0.4, -0.2) is 16.2 Å². The van der Waals surface area contributed by atoms with Crippen molar-refractivity contribution in [3.8, 4) is 11.5 Å². The van der Waals surface area contributed by atoms with Crippen LogP contribution in [0.25, 0.3) is 17.0 Å². The number of carbonyl (C=O) groups excluding carboxylic acids is 1. The van der Waals surface area contributed by atoms with Crippen LogP contribution < -0.4 is 5.90 Å². The van der Waals surface area contributed by atoms with E-state index in [0.29, 0.717) is 17.3 Å². The minimum atomic E-state index is -0.596. The summed E-state index contributed by atoms with van der Waals surface area (Å²) in [4.78, 5) is 15.5. The predicted molar refractivity (Wildman–Crippen MR) is 91.7 cm³/mol. The summed E-state index contributed by atoms with van der Waals surface area (Å²) in [7, 11) is 0. The van der Waals surface area contributed by atoms with Crippen LogP contribution in [0.5, 0.6) is 0 Å². The first-order valence-electron chi connectivity index (χ1n) is 7.81. The zero-order chi connectivity index (χ0) is 17.5. The fourth-order valence-electron chi connectivity index (χ4n) is 2.07. The first-order valence-corrected chi connectivity index (χ1v) is 7.81. The van der Waals surface area contributed by atoms with Crippen LogP contribution in [0.4, 0.5) is 0 Å². The molecule has 1 aromatic carbocycles. The number of carbonyl (C=O) groups is 1. The number of benzene rings is 1. The van der Waals surface area contributed by atoms with E-state index in [1.807, 2.05) is 0 Å². The lowest BCUT2D eigenvalue weighted by atomic mass is 10.1. The van der Waals surface area contributed by atoms with Crippen LogP contribution in [0, 0.1) is 0 Å². The average molecular weight is 327 g/mol. The van der Waals surface area contributed by atoms with Gasteiger partial charge in [0.2, 0.25) is 11.8 Å². The third-order valence-corrected chi connectivity index (χ3v) is 3.53. The Bertz CT molecular complexity index is 758. The van der Waals surface area contributed by atoms with E-state index in [1.54, 1.807) is 24.3 Å². The highest BCUT2D eigenvalue weighted by atomic mass is 16.7. The molecule has 0 atom stereocenters. The van der Waals surface area contributed by atoms with Crippen LogP contribution in [0.15, 0.2) is 46.4 Å². The molecule has 0 aliphatic rings. The maximum Gasteiger partial charge on any atom is 0.356 e. The molecule has 0 unspecified atom stereocenters. The zero-order valence-electron chi connectivity index (χ0n) is 14.1. The van der Waals surface area contributed by atoms with Gasteiger partial charge in [0.1, 0.15) is 0 Å². The highest BCUT2D eigenvalue weighted by molar-refractivity contribution is 5.89. The predicted octanol–water partition coefficient (Wildman–Crippen LogP) is 3.92. The van der Waals surface area contributed by atoms with Crippen molar-refractivity contribution in [2.24, 2.45) is 5.90 Å². The third-order valence-electron chi connectivity index (χ3n) is 3.53. The molecule has 24 heavy (non-hydrogen) atoms. The molecule has 0 fully saturated rings. The largest absolute Gasteiger partial charge is 0.416 e. The van der Waals surface area contributed by atoms with Crippen molar-refractivity contribution >= 4 is 11.5 Å². The second-order valence-corrected chi connectivity index (χ2v) is 5.31. The standard InChI is InChI=1S/C18H21N3O3/c1-4-6-15(11-12(3)5-2)17-21-20-16(23-17)13-7-9-14(10-8-13)18(22)24-19/h6-11H,4-5,19H2,1-3H3/b12-11-,15-6+. The molecule has 0 aliphatic heterocycles. The second kappa shape index (κ2) is 8.21. The van der Waals surface area contributed by atoms with Crippen LogP contribution in [0.2, 0.25) is 0 Å². The highest BCUT2D eigenvalue weighted by Gasteiger charge is 2.12. The molecule has 1 heterocycles. The Morgan fingerprint density at radius 3 is 2.54 bits per heavy atom. The minimum absolute atomic E-state index is 0.356. The highest BCUT2D eigenvalue weighted by Crippen LogP contribution is 2.24. The van der Waals surface area contributed by atoms with Crippen molar-refractivity contribution in [3.63, 3.8) is 0 Å². The Balaban J connectivity index is 2.29. The van der Waals surface area contributed by atoms with Gasteiger partial charge in [0.05, 0.1) is 5.56 Å². The fourth-order valence-corrected chi connectivity index (χ4v) is 2.07. The molecule has 126 valence electrons. The number of hydrogen-bond donors (Lipinski definition) is 1. The normalized spacial score (nSPS) is 12.3. The van der Waals surface area contributed by atoms with E-state index >= 15 is 0 Å². The Hall–Kier alpha value is -2.73. The average Bonchev–Trinajstić information content (AvgIpc) is 3.10. The van der Waals surface area contributed by atoms with Gasteiger partial charge >= 0.3 is 5.97 Å². The molecule has 0 radical (unpaired) electrons. The fraction of sp³-hybridized carbons (Fsp3) is 0.278. The topological polar surface area (TPSA) is 91.2 Å². The van der Waals surface area contributed by atoms with Crippen molar-refractivity contribution in [1.82, 2.24) is 10.2 Å². The molecule has 6 heteroatoms. The van der Waals surface area contributed by atoms with Gasteiger partial charge in [0.15, 0.2) is 0 Å². The van der Waals surface area contributed by atoms with Crippen molar-refractivity contribution in [1.29, 1.82) is 0 Å². The number of hydrogen-bond acceptors (Lipinski definition) is 6. The SMILES string of the molecule is CC/C=C(\C=C(\C)CC)c1nnc(-c2ccc(C(=O)ON)cc2)o1. The minimum Gasteiger partial charge on any atom is -0.416 e. The summed E-state index contributed by atoms with van der Waals surface area (Å²) in [6.45, 7) is 6.22. The summed E-state index contributed by atoms with van der Waals surface area (Å²) in [6, 6.07) is 6.61. The van der Waals surface area contributed by atoms with E-state index in [0.717, 1.165) is 24.0 Å². The van der Waals surface area contributed by atoms with Gasteiger partial charge in [0.25, 0.3) is 0 Å². The van der Waals surface area contributed by atoms with Gasteiger partial charge in [-0.25, -0.2) is 4.79 Å². The van der Waals surface area contributed by atoms with Crippen molar-refractivity contribution in [2.45, 2.75) is 33.6 Å². The van der Waals surface area contributed by atoms with Crippen molar-refractivity contribution in [2.75, 3.05) is 0 Å². The zero-order valence-corrected chi connectivity index (χ0v) is 14.1. The quantitative estimate of drug-likeness (QED) is 0.639. The van der Waals surface area contributed by atoms with Crippen LogP contribution >= 0.6 is 0 Å². The Kier molecular flexibility index (Phi) is 6.03. The molecule has 2 N–H and O–H groups in total. The third kappa shape index (κ3) is 4.17. The summed E-state index contributed by atoms with van der Waals surface area (Å²) >= 11 is 0. The lowest BCUT2D eigenvalue weighted by Gasteiger charge is -2.00. The molecule has 6 nitrogen and oxygen atoms in total. The van der Waals surface area contributed by atoms with E-state index in [-0.39, 0.29) is 0 Å². The van der Waals surface area contributed by atoms with E-state index in [4.69, 9.17) is 10.3 Å². The lowest BCUT2D eigenvalue weighted by Crippen LogP contribution is -2.09. The van der Waals surface area contributed by atoms with E-state index < -0.39 is 5.97 Å². The van der Waals surface area contributed by atoms with Gasteiger partial charge < -0.3 is 9.25 Å². The molecule has 0 bridgehead atoms. The molecule has 0 spiro atoms. The van der Waals surface area contributed by atoms with Crippen LogP contribution in [0.3, 0.4) is 0 Å². The van der Waals surface area contributed by atoms with Gasteiger partial charge in [-0.3, -0.25) is 0 Å². The van der Waals surface area contributed by atoms with Gasteiger partial charge in [-0.1, -0.05) is 31.6 Å². The molecular weight excluding hydrogens is 306 g/mol. The summed E-state index contributed by atoms with van der Waals surface area (Å²) in [5.41, 5.74) is 3.22. The smallest absolute Gasteiger partial charge is 0.356 e. The number of aromatic nitrogens is 2. The van der Waals surface area contributed by atoms with Gasteiger partial charge in [-0.15, -0.1) is 10.2 Å². The first-order chi connectivity index (χ1) is 11.6. The van der Waals surface area contributed by atoms with Crippen molar-refractivity contribution in [3.05, 3.63) is 53.4 Å². The number of allylic oxidation sites excluding steroid dienone is 4. The van der Waals surface area contributed by atoms with Crippen LogP contribution in [-0.2, 0) is 4.84 Å². The molecule has 0 aliphatic carbocycles. The maximum absolute atomic E-state index is 11.3. The Morgan fingerprint density at radius 2 is 1.96 bits per heavy atom. The Morgan fingerprint density at radius 1 is 1.25 bits per heavy atom. The van der Waals surface area contributed by atoms with E-state index in [1.165, 1.54) is 5.57 Å². The lowest BCUT2D eigenvalue weighted by molar-refractivity contribution is 0.0503. The summed E-state index contributed by atoms with van der Waals surface area (Å²) < 4.78 is 5.78. The monoisotopic (exact) mass is 327 g/mol. The second-order valence-electron chi connectivity index (χ2n) is 5.31. The summed E-state index contributed by atoms with van der Waals surface area (Å²) in [5, 5.41) is 8.22. The molecule has 2 rings (SSSR count). The van der Waals surface area contributed by atoms with Crippen LogP contribution in [0.1, 0.15) is 49.9 Å². The number of rotatable bonds is 6.